The van der Waals surface area contributed by atoms with Crippen molar-refractivity contribution in [3.63, 3.8) is 0 Å². The van der Waals surface area contributed by atoms with E-state index in [-0.39, 0.29) is 5.54 Å². The summed E-state index contributed by atoms with van der Waals surface area (Å²) in [6.45, 7) is 3.12. The number of hydrogen-bond donors (Lipinski definition) is 1. The number of nitrogens with two attached hydrogens (primary N) is 1. The molecule has 1 fully saturated rings. The molecule has 0 bridgehead atoms. The van der Waals surface area contributed by atoms with Crippen LogP contribution in [0.3, 0.4) is 0 Å². The molecule has 1 heterocycles. The Morgan fingerprint density at radius 2 is 2.07 bits per heavy atom. The van der Waals surface area contributed by atoms with E-state index in [4.69, 9.17) is 5.73 Å². The maximum Gasteiger partial charge on any atom is 0.0483 e. The second kappa shape index (κ2) is 2.86. The standard InChI is InChI=1S/C13H16N2/c1-10-8-11-4-2-3-5-12(11)15(10)9-13(14)6-7-13/h2-5,8H,6-7,9,14H2,1H3. The molecule has 2 aromatic rings. The number of rotatable bonds is 2. The first-order chi connectivity index (χ1) is 7.18. The number of aromatic nitrogens is 1. The summed E-state index contributed by atoms with van der Waals surface area (Å²) in [7, 11) is 0. The molecular weight excluding hydrogens is 184 g/mol. The monoisotopic (exact) mass is 200 g/mol. The molecule has 1 aliphatic rings. The highest BCUT2D eigenvalue weighted by atomic mass is 15.0. The Hall–Kier alpha value is -1.28. The minimum absolute atomic E-state index is 0.0759. The third kappa shape index (κ3) is 1.45. The van der Waals surface area contributed by atoms with Crippen molar-refractivity contribution in [2.75, 3.05) is 0 Å². The fraction of sp³-hybridized carbons (Fsp3) is 0.385. The van der Waals surface area contributed by atoms with Crippen LogP contribution in [0.15, 0.2) is 30.3 Å². The number of hydrogen-bond acceptors (Lipinski definition) is 1. The minimum Gasteiger partial charge on any atom is -0.343 e. The molecule has 2 heteroatoms. The van der Waals surface area contributed by atoms with Gasteiger partial charge in [-0.15, -0.1) is 0 Å². The van der Waals surface area contributed by atoms with Gasteiger partial charge in [0, 0.05) is 23.3 Å². The van der Waals surface area contributed by atoms with Gasteiger partial charge in [-0.05, 0) is 37.3 Å². The molecule has 0 amide bonds. The molecule has 0 unspecified atom stereocenters. The van der Waals surface area contributed by atoms with Crippen LogP contribution in [0.5, 0.6) is 0 Å². The van der Waals surface area contributed by atoms with Gasteiger partial charge in [-0.25, -0.2) is 0 Å². The Balaban J connectivity index is 2.11. The molecule has 0 aliphatic heterocycles. The number of fused-ring (bicyclic) bond motifs is 1. The van der Waals surface area contributed by atoms with E-state index >= 15 is 0 Å². The molecule has 2 nitrogen and oxygen atoms in total. The predicted octanol–water partition coefficient (Wildman–Crippen LogP) is 2.44. The van der Waals surface area contributed by atoms with Gasteiger partial charge in [0.15, 0.2) is 0 Å². The largest absolute Gasteiger partial charge is 0.343 e. The van der Waals surface area contributed by atoms with Crippen LogP contribution in [0.25, 0.3) is 10.9 Å². The van der Waals surface area contributed by atoms with Gasteiger partial charge in [-0.3, -0.25) is 0 Å². The predicted molar refractivity (Wildman–Crippen MR) is 62.8 cm³/mol. The van der Waals surface area contributed by atoms with E-state index in [0.29, 0.717) is 0 Å². The lowest BCUT2D eigenvalue weighted by Gasteiger charge is -2.13. The third-order valence-corrected chi connectivity index (χ3v) is 3.38. The summed E-state index contributed by atoms with van der Waals surface area (Å²) >= 11 is 0. The first-order valence-electron chi connectivity index (χ1n) is 5.52. The highest BCUT2D eigenvalue weighted by Gasteiger charge is 2.38. The van der Waals surface area contributed by atoms with Crippen LogP contribution < -0.4 is 5.73 Å². The summed E-state index contributed by atoms with van der Waals surface area (Å²) in [5, 5.41) is 1.32. The molecule has 0 atom stereocenters. The van der Waals surface area contributed by atoms with E-state index < -0.39 is 0 Å². The zero-order valence-corrected chi connectivity index (χ0v) is 9.03. The number of aryl methyl sites for hydroxylation is 1. The van der Waals surface area contributed by atoms with Crippen molar-refractivity contribution in [1.29, 1.82) is 0 Å². The van der Waals surface area contributed by atoms with E-state index in [1.807, 2.05) is 0 Å². The van der Waals surface area contributed by atoms with Crippen molar-refractivity contribution < 1.29 is 0 Å². The third-order valence-electron chi connectivity index (χ3n) is 3.38. The molecule has 15 heavy (non-hydrogen) atoms. The summed E-state index contributed by atoms with van der Waals surface area (Å²) in [6, 6.07) is 10.7. The number of benzene rings is 1. The van der Waals surface area contributed by atoms with E-state index in [2.05, 4.69) is 41.8 Å². The number of para-hydroxylation sites is 1. The summed E-state index contributed by atoms with van der Waals surface area (Å²) in [5.74, 6) is 0. The molecule has 78 valence electrons. The average Bonchev–Trinajstić information content (AvgIpc) is 2.86. The van der Waals surface area contributed by atoms with Gasteiger partial charge < -0.3 is 10.3 Å². The zero-order valence-electron chi connectivity index (χ0n) is 9.03. The van der Waals surface area contributed by atoms with Crippen molar-refractivity contribution in [3.05, 3.63) is 36.0 Å². The van der Waals surface area contributed by atoms with Crippen LogP contribution in [-0.2, 0) is 6.54 Å². The molecule has 0 saturated heterocycles. The molecule has 1 aromatic heterocycles. The van der Waals surface area contributed by atoms with Gasteiger partial charge in [0.05, 0.1) is 0 Å². The summed E-state index contributed by atoms with van der Waals surface area (Å²) in [4.78, 5) is 0. The van der Waals surface area contributed by atoms with Crippen LogP contribution in [0.4, 0.5) is 0 Å². The van der Waals surface area contributed by atoms with Crippen LogP contribution in [-0.4, -0.2) is 10.1 Å². The van der Waals surface area contributed by atoms with Crippen molar-refractivity contribution in [2.45, 2.75) is 31.8 Å². The molecule has 2 N–H and O–H groups in total. The Kier molecular flexibility index (Phi) is 1.71. The number of nitrogens with zero attached hydrogens (tertiary/aromatic N) is 1. The van der Waals surface area contributed by atoms with Gasteiger partial charge in [0.2, 0.25) is 0 Å². The Morgan fingerprint density at radius 1 is 1.33 bits per heavy atom. The average molecular weight is 200 g/mol. The first-order valence-corrected chi connectivity index (χ1v) is 5.52. The summed E-state index contributed by atoms with van der Waals surface area (Å²) < 4.78 is 2.35. The summed E-state index contributed by atoms with van der Waals surface area (Å²) in [6.07, 6.45) is 2.33. The zero-order chi connectivity index (χ0) is 10.5. The van der Waals surface area contributed by atoms with Crippen LogP contribution in [0, 0.1) is 6.92 Å². The van der Waals surface area contributed by atoms with Crippen molar-refractivity contribution in [1.82, 2.24) is 4.57 Å². The second-order valence-electron chi connectivity index (χ2n) is 4.79. The smallest absolute Gasteiger partial charge is 0.0483 e. The van der Waals surface area contributed by atoms with Crippen molar-refractivity contribution in [2.24, 2.45) is 5.73 Å². The lowest BCUT2D eigenvalue weighted by atomic mass is 10.2. The van der Waals surface area contributed by atoms with E-state index in [9.17, 15) is 0 Å². The lowest BCUT2D eigenvalue weighted by molar-refractivity contribution is 0.547. The SMILES string of the molecule is Cc1cc2ccccc2n1CC1(N)CC1. The molecule has 1 saturated carbocycles. The molecule has 3 rings (SSSR count). The molecule has 0 spiro atoms. The van der Waals surface area contributed by atoms with E-state index in [1.54, 1.807) is 0 Å². The Bertz CT molecular complexity index is 506. The van der Waals surface area contributed by atoms with Gasteiger partial charge in [-0.2, -0.15) is 0 Å². The van der Waals surface area contributed by atoms with Crippen LogP contribution in [0.2, 0.25) is 0 Å². The molecule has 1 aliphatic carbocycles. The van der Waals surface area contributed by atoms with Crippen molar-refractivity contribution in [3.8, 4) is 0 Å². The fourth-order valence-electron chi connectivity index (χ4n) is 2.19. The first kappa shape index (κ1) is 8.98. The van der Waals surface area contributed by atoms with Crippen LogP contribution >= 0.6 is 0 Å². The van der Waals surface area contributed by atoms with E-state index in [0.717, 1.165) is 6.54 Å². The Labute approximate surface area is 89.7 Å². The van der Waals surface area contributed by atoms with Gasteiger partial charge >= 0.3 is 0 Å². The quantitative estimate of drug-likeness (QED) is 0.793. The highest BCUT2D eigenvalue weighted by Crippen LogP contribution is 2.35. The van der Waals surface area contributed by atoms with E-state index in [1.165, 1.54) is 29.4 Å². The highest BCUT2D eigenvalue weighted by molar-refractivity contribution is 5.81. The van der Waals surface area contributed by atoms with Gasteiger partial charge in [0.1, 0.15) is 0 Å². The second-order valence-corrected chi connectivity index (χ2v) is 4.79. The maximum atomic E-state index is 6.18. The fourth-order valence-corrected chi connectivity index (χ4v) is 2.19. The van der Waals surface area contributed by atoms with Crippen molar-refractivity contribution >= 4 is 10.9 Å². The van der Waals surface area contributed by atoms with Crippen LogP contribution in [0.1, 0.15) is 18.5 Å². The molecule has 0 radical (unpaired) electrons. The lowest BCUT2D eigenvalue weighted by Crippen LogP contribution is -2.28. The van der Waals surface area contributed by atoms with Gasteiger partial charge in [0.25, 0.3) is 0 Å². The molecular formula is C13H16N2. The minimum atomic E-state index is 0.0759. The Morgan fingerprint density at radius 3 is 2.80 bits per heavy atom. The normalized spacial score (nSPS) is 18.3. The topological polar surface area (TPSA) is 30.9 Å². The summed E-state index contributed by atoms with van der Waals surface area (Å²) in [5.41, 5.74) is 8.88. The van der Waals surface area contributed by atoms with Gasteiger partial charge in [-0.1, -0.05) is 18.2 Å². The molecule has 1 aromatic carbocycles. The maximum absolute atomic E-state index is 6.18.